The summed E-state index contributed by atoms with van der Waals surface area (Å²) >= 11 is 3.88. The molecule has 154 valence electrons. The predicted molar refractivity (Wildman–Crippen MR) is 105 cm³/mol. The van der Waals surface area contributed by atoms with E-state index in [-0.39, 0.29) is 30.5 Å². The van der Waals surface area contributed by atoms with Crippen LogP contribution in [0, 0.1) is 22.7 Å². The molecule has 0 radical (unpaired) electrons. The molecule has 4 N–H and O–H groups in total. The van der Waals surface area contributed by atoms with Gasteiger partial charge in [-0.3, -0.25) is 9.59 Å². The van der Waals surface area contributed by atoms with E-state index in [9.17, 15) is 30.0 Å². The van der Waals surface area contributed by atoms with Crippen molar-refractivity contribution in [3.8, 4) is 0 Å². The van der Waals surface area contributed by atoms with Crippen LogP contribution in [0.2, 0.25) is 0 Å². The lowest BCUT2D eigenvalue weighted by atomic mass is 9.46. The first-order valence-corrected chi connectivity index (χ1v) is 10.6. The van der Waals surface area contributed by atoms with Crippen LogP contribution in [0.4, 0.5) is 0 Å². The van der Waals surface area contributed by atoms with Gasteiger partial charge in [-0.15, -0.1) is 0 Å². The molecule has 0 saturated heterocycles. The van der Waals surface area contributed by atoms with Crippen molar-refractivity contribution < 1.29 is 30.0 Å². The van der Waals surface area contributed by atoms with E-state index in [2.05, 4.69) is 15.9 Å². The second-order valence-corrected chi connectivity index (χ2v) is 10.7. The van der Waals surface area contributed by atoms with E-state index in [0.717, 1.165) is 5.57 Å². The van der Waals surface area contributed by atoms with E-state index < -0.39 is 45.4 Å². The van der Waals surface area contributed by atoms with Gasteiger partial charge in [-0.25, -0.2) is 0 Å². The Labute approximate surface area is 172 Å². The summed E-state index contributed by atoms with van der Waals surface area (Å²) in [5, 5.41) is 42.7. The number of rotatable bonds is 2. The number of carbonyl (C=O) groups is 2. The number of carbonyl (C=O) groups excluding carboxylic acids is 2. The fourth-order valence-electron chi connectivity index (χ4n) is 6.85. The summed E-state index contributed by atoms with van der Waals surface area (Å²) in [6.45, 7) is 2.89. The van der Waals surface area contributed by atoms with Crippen LogP contribution in [0.5, 0.6) is 0 Å². The van der Waals surface area contributed by atoms with Crippen LogP contribution in [0.1, 0.15) is 39.5 Å². The molecule has 0 spiro atoms. The van der Waals surface area contributed by atoms with Crippen molar-refractivity contribution in [1.82, 2.24) is 0 Å². The van der Waals surface area contributed by atoms with Gasteiger partial charge < -0.3 is 20.4 Å². The first kappa shape index (κ1) is 20.4. The van der Waals surface area contributed by atoms with Crippen LogP contribution in [-0.2, 0) is 9.59 Å². The zero-order valence-corrected chi connectivity index (χ0v) is 17.6. The average Bonchev–Trinajstić information content (AvgIpc) is 2.84. The highest BCUT2D eigenvalue weighted by atomic mass is 79.9. The summed E-state index contributed by atoms with van der Waals surface area (Å²) in [4.78, 5) is 24.4. The molecule has 4 rings (SSSR count). The van der Waals surface area contributed by atoms with Crippen molar-refractivity contribution in [3.05, 3.63) is 23.8 Å². The van der Waals surface area contributed by atoms with Crippen LogP contribution in [-0.4, -0.2) is 60.7 Å². The molecule has 0 aliphatic heterocycles. The molecule has 7 heteroatoms. The zero-order valence-electron chi connectivity index (χ0n) is 16.1. The Kier molecular flexibility index (Phi) is 4.43. The smallest absolute Gasteiger partial charge is 0.192 e. The van der Waals surface area contributed by atoms with Gasteiger partial charge in [0.25, 0.3) is 0 Å². The molecule has 28 heavy (non-hydrogen) atoms. The first-order valence-electron chi connectivity index (χ1n) is 9.82. The van der Waals surface area contributed by atoms with Crippen molar-refractivity contribution >= 4 is 27.5 Å². The molecule has 0 amide bonds. The average molecular weight is 455 g/mol. The molecule has 2 unspecified atom stereocenters. The Balaban J connectivity index is 1.84. The lowest BCUT2D eigenvalue weighted by Crippen LogP contribution is -2.69. The van der Waals surface area contributed by atoms with E-state index in [4.69, 9.17) is 0 Å². The molecule has 0 aromatic rings. The SMILES string of the molecule is C[C@]12C=CC(=O)C=C1CCC1C3C[C@@H](O)[C@](O)(C(=O)CO)[C@@]3(C)C[C@H](O)[C@@]12Br. The van der Waals surface area contributed by atoms with Crippen molar-refractivity contribution in [2.45, 2.75) is 61.7 Å². The molecule has 6 nitrogen and oxygen atoms in total. The van der Waals surface area contributed by atoms with Crippen LogP contribution >= 0.6 is 15.9 Å². The molecule has 0 bridgehead atoms. The Morgan fingerprint density at radius 3 is 2.57 bits per heavy atom. The highest BCUT2D eigenvalue weighted by Crippen LogP contribution is 2.70. The number of halogens is 1. The van der Waals surface area contributed by atoms with Crippen molar-refractivity contribution in [3.63, 3.8) is 0 Å². The van der Waals surface area contributed by atoms with E-state index >= 15 is 0 Å². The van der Waals surface area contributed by atoms with E-state index in [0.29, 0.717) is 12.8 Å². The summed E-state index contributed by atoms with van der Waals surface area (Å²) in [6, 6.07) is 0. The minimum atomic E-state index is -2.09. The summed E-state index contributed by atoms with van der Waals surface area (Å²) in [5.41, 5.74) is -2.76. The molecule has 3 fully saturated rings. The van der Waals surface area contributed by atoms with Crippen LogP contribution in [0.15, 0.2) is 23.8 Å². The third-order valence-corrected chi connectivity index (χ3v) is 10.4. The van der Waals surface area contributed by atoms with Gasteiger partial charge in [0.1, 0.15) is 6.61 Å². The van der Waals surface area contributed by atoms with Crippen molar-refractivity contribution in [2.24, 2.45) is 22.7 Å². The molecule has 0 aromatic carbocycles. The van der Waals surface area contributed by atoms with Gasteiger partial charge in [-0.1, -0.05) is 41.4 Å². The Bertz CT molecular complexity index is 807. The molecule has 3 saturated carbocycles. The third-order valence-electron chi connectivity index (χ3n) is 8.43. The first-order chi connectivity index (χ1) is 13.0. The van der Waals surface area contributed by atoms with Gasteiger partial charge in [-0.2, -0.15) is 0 Å². The largest absolute Gasteiger partial charge is 0.392 e. The standard InChI is InChI=1S/C21H27BrO6/c1-18-6-5-12(24)7-11(18)3-4-13-14-8-15(25)21(28,17(27)10-23)19(14,2)9-16(26)20(13,18)22/h5-7,13-16,23,25-26,28H,3-4,8-10H2,1-2H3/t13?,14?,15-,16+,18+,19+,20+,21+/m1/s1. The quantitative estimate of drug-likeness (QED) is 0.463. The number of fused-ring (bicyclic) bond motifs is 5. The van der Waals surface area contributed by atoms with Gasteiger partial charge in [-0.05, 0) is 49.7 Å². The fraction of sp³-hybridized carbons (Fsp3) is 0.714. The molecule has 4 aliphatic carbocycles. The second kappa shape index (κ2) is 6.08. The minimum Gasteiger partial charge on any atom is -0.392 e. The summed E-state index contributed by atoms with van der Waals surface area (Å²) < 4.78 is -0.779. The van der Waals surface area contributed by atoms with E-state index in [1.165, 1.54) is 6.08 Å². The Hall–Kier alpha value is -0.860. The predicted octanol–water partition coefficient (Wildman–Crippen LogP) is 1.05. The highest BCUT2D eigenvalue weighted by Gasteiger charge is 2.75. The van der Waals surface area contributed by atoms with E-state index in [1.54, 1.807) is 13.0 Å². The fourth-order valence-corrected chi connectivity index (χ4v) is 7.95. The number of allylic oxidation sites excluding steroid dienone is 4. The van der Waals surface area contributed by atoms with Gasteiger partial charge >= 0.3 is 0 Å². The second-order valence-electron chi connectivity index (χ2n) is 9.36. The molecular weight excluding hydrogens is 428 g/mol. The Morgan fingerprint density at radius 2 is 1.93 bits per heavy atom. The number of Topliss-reactive ketones (excluding diaryl/α,β-unsaturated/α-hetero) is 1. The molecule has 4 aliphatic rings. The number of ketones is 2. The number of aliphatic hydroxyl groups excluding tert-OH is 3. The van der Waals surface area contributed by atoms with Crippen molar-refractivity contribution in [1.29, 1.82) is 0 Å². The summed E-state index contributed by atoms with van der Waals surface area (Å²) in [7, 11) is 0. The van der Waals surface area contributed by atoms with E-state index in [1.807, 2.05) is 13.0 Å². The maximum absolute atomic E-state index is 12.5. The van der Waals surface area contributed by atoms with Crippen molar-refractivity contribution in [2.75, 3.05) is 6.61 Å². The summed E-state index contributed by atoms with van der Waals surface area (Å²) in [6.07, 6.45) is 4.48. The third kappa shape index (κ3) is 2.12. The van der Waals surface area contributed by atoms with Crippen LogP contribution < -0.4 is 0 Å². The lowest BCUT2D eigenvalue weighted by molar-refractivity contribution is -0.185. The normalized spacial score (nSPS) is 52.5. The van der Waals surface area contributed by atoms with Gasteiger partial charge in [0.05, 0.1) is 16.5 Å². The van der Waals surface area contributed by atoms with Crippen LogP contribution in [0.3, 0.4) is 0 Å². The number of hydrogen-bond acceptors (Lipinski definition) is 6. The molecular formula is C21H27BrO6. The molecule has 0 heterocycles. The molecule has 0 aromatic heterocycles. The lowest BCUT2D eigenvalue weighted by Gasteiger charge is -2.64. The topological polar surface area (TPSA) is 115 Å². The number of hydrogen-bond donors (Lipinski definition) is 4. The minimum absolute atomic E-state index is 0.0589. The maximum Gasteiger partial charge on any atom is 0.192 e. The molecule has 8 atom stereocenters. The van der Waals surface area contributed by atoms with Gasteiger partial charge in [0.2, 0.25) is 0 Å². The highest BCUT2D eigenvalue weighted by molar-refractivity contribution is 9.10. The van der Waals surface area contributed by atoms with Gasteiger partial charge in [0, 0.05) is 10.8 Å². The maximum atomic E-state index is 12.5. The zero-order chi connectivity index (χ0) is 20.7. The Morgan fingerprint density at radius 1 is 1.25 bits per heavy atom. The monoisotopic (exact) mass is 454 g/mol. The summed E-state index contributed by atoms with van der Waals surface area (Å²) in [5.74, 6) is -1.21. The van der Waals surface area contributed by atoms with Gasteiger partial charge in [0.15, 0.2) is 17.2 Å². The van der Waals surface area contributed by atoms with Crippen LogP contribution in [0.25, 0.3) is 0 Å². The number of alkyl halides is 1. The number of aliphatic hydroxyl groups is 4.